The first-order valence-electron chi connectivity index (χ1n) is 8.80. The average molecular weight is 412 g/mol. The van der Waals surface area contributed by atoms with Gasteiger partial charge in [0.1, 0.15) is 0 Å². The number of fused-ring (bicyclic) bond motifs is 2. The van der Waals surface area contributed by atoms with Crippen LogP contribution in [-0.2, 0) is 4.79 Å². The van der Waals surface area contributed by atoms with Gasteiger partial charge in [0, 0.05) is 10.6 Å². The molecule has 0 bridgehead atoms. The van der Waals surface area contributed by atoms with Crippen LogP contribution in [0.25, 0.3) is 0 Å². The first kappa shape index (κ1) is 17.5. The van der Waals surface area contributed by atoms with Crippen molar-refractivity contribution in [3.63, 3.8) is 0 Å². The Balaban J connectivity index is 1.41. The maximum absolute atomic E-state index is 12.6. The van der Waals surface area contributed by atoms with E-state index in [0.29, 0.717) is 22.1 Å². The van der Waals surface area contributed by atoms with E-state index in [-0.39, 0.29) is 37.1 Å². The van der Waals surface area contributed by atoms with Gasteiger partial charge in [-0.2, -0.15) is 4.98 Å². The molecule has 2 aromatic carbocycles. The van der Waals surface area contributed by atoms with Crippen LogP contribution in [0.1, 0.15) is 28.4 Å². The van der Waals surface area contributed by atoms with Gasteiger partial charge in [-0.3, -0.25) is 20.2 Å². The number of nitrogens with one attached hydrogen (secondary N) is 2. The molecule has 5 rings (SSSR count). The molecule has 0 saturated carbocycles. The summed E-state index contributed by atoms with van der Waals surface area (Å²) in [6, 6.07) is 11.7. The highest BCUT2D eigenvalue weighted by Gasteiger charge is 2.29. The van der Waals surface area contributed by atoms with Gasteiger partial charge < -0.3 is 9.47 Å². The second kappa shape index (κ2) is 6.78. The fraction of sp³-hybridized carbons (Fsp3) is 0.158. The Hall–Kier alpha value is -3.59. The maximum atomic E-state index is 12.6. The van der Waals surface area contributed by atoms with E-state index in [1.807, 2.05) is 12.1 Å². The molecule has 3 heterocycles. The van der Waals surface area contributed by atoms with Crippen molar-refractivity contribution in [2.75, 3.05) is 17.4 Å². The molecule has 2 N–H and O–H groups in total. The average Bonchev–Trinajstić information content (AvgIpc) is 3.33. The predicted octanol–water partition coefficient (Wildman–Crippen LogP) is 2.84. The van der Waals surface area contributed by atoms with Gasteiger partial charge in [0.15, 0.2) is 11.5 Å². The lowest BCUT2D eigenvalue weighted by atomic mass is 10.0. The number of carbonyl (C=O) groups excluding carboxylic acids is 2. The number of amides is 2. The summed E-state index contributed by atoms with van der Waals surface area (Å²) in [5.41, 5.74) is 1.24. The van der Waals surface area contributed by atoms with Gasteiger partial charge in [-0.1, -0.05) is 23.7 Å². The lowest BCUT2D eigenvalue weighted by Crippen LogP contribution is -2.29. The molecule has 2 aliphatic rings. The van der Waals surface area contributed by atoms with Crippen molar-refractivity contribution in [3.05, 3.63) is 58.6 Å². The third-order valence-corrected chi connectivity index (χ3v) is 4.92. The zero-order chi connectivity index (χ0) is 20.0. The van der Waals surface area contributed by atoms with Crippen LogP contribution in [0.15, 0.2) is 42.5 Å². The van der Waals surface area contributed by atoms with E-state index in [1.165, 1.54) is 0 Å². The zero-order valence-electron chi connectivity index (χ0n) is 14.9. The van der Waals surface area contributed by atoms with Gasteiger partial charge in [-0.05, 0) is 35.9 Å². The van der Waals surface area contributed by atoms with Crippen LogP contribution in [0.2, 0.25) is 5.02 Å². The molecule has 0 aliphatic carbocycles. The lowest BCUT2D eigenvalue weighted by Gasteiger charge is -2.23. The van der Waals surface area contributed by atoms with Crippen LogP contribution >= 0.6 is 11.6 Å². The third kappa shape index (κ3) is 3.25. The minimum absolute atomic E-state index is 0.0869. The van der Waals surface area contributed by atoms with Gasteiger partial charge in [0.25, 0.3) is 11.9 Å². The van der Waals surface area contributed by atoms with Crippen LogP contribution in [0.4, 0.5) is 11.9 Å². The fourth-order valence-electron chi connectivity index (χ4n) is 3.27. The van der Waals surface area contributed by atoms with E-state index in [1.54, 1.807) is 35.0 Å². The number of benzene rings is 2. The molecule has 3 aromatic rings. The molecular weight excluding hydrogens is 398 g/mol. The predicted molar refractivity (Wildman–Crippen MR) is 103 cm³/mol. The Labute approximate surface area is 169 Å². The van der Waals surface area contributed by atoms with E-state index in [9.17, 15) is 9.59 Å². The molecule has 29 heavy (non-hydrogen) atoms. The molecule has 0 spiro atoms. The van der Waals surface area contributed by atoms with E-state index in [4.69, 9.17) is 21.1 Å². The van der Waals surface area contributed by atoms with Crippen molar-refractivity contribution in [2.45, 2.75) is 12.5 Å². The van der Waals surface area contributed by atoms with E-state index in [0.717, 1.165) is 5.56 Å². The molecule has 146 valence electrons. The summed E-state index contributed by atoms with van der Waals surface area (Å²) in [6.07, 6.45) is 0.202. The second-order valence-electron chi connectivity index (χ2n) is 6.55. The first-order valence-corrected chi connectivity index (χ1v) is 9.17. The van der Waals surface area contributed by atoms with Crippen LogP contribution < -0.4 is 20.1 Å². The SMILES string of the molecule is O=C1CC(c2ccc(Cl)cc2)n2nc(NC(=O)c3ccc4c(c3)OCO4)nc2N1. The Morgan fingerprint density at radius 3 is 2.79 bits per heavy atom. The molecule has 9 nitrogen and oxygen atoms in total. The van der Waals surface area contributed by atoms with Crippen LogP contribution in [-0.4, -0.2) is 33.4 Å². The Morgan fingerprint density at radius 2 is 1.97 bits per heavy atom. The van der Waals surface area contributed by atoms with Gasteiger partial charge in [-0.25, -0.2) is 4.68 Å². The van der Waals surface area contributed by atoms with Crippen molar-refractivity contribution < 1.29 is 19.1 Å². The fourth-order valence-corrected chi connectivity index (χ4v) is 3.40. The molecule has 1 unspecified atom stereocenters. The number of carbonyl (C=O) groups is 2. The highest BCUT2D eigenvalue weighted by atomic mass is 35.5. The summed E-state index contributed by atoms with van der Waals surface area (Å²) in [6.45, 7) is 0.126. The van der Waals surface area contributed by atoms with Crippen molar-refractivity contribution in [2.24, 2.45) is 0 Å². The Morgan fingerprint density at radius 1 is 1.17 bits per heavy atom. The van der Waals surface area contributed by atoms with Crippen molar-refractivity contribution in [3.8, 4) is 11.5 Å². The van der Waals surface area contributed by atoms with Crippen LogP contribution in [0.3, 0.4) is 0 Å². The number of hydrogen-bond acceptors (Lipinski definition) is 6. The molecule has 1 aromatic heterocycles. The quantitative estimate of drug-likeness (QED) is 0.686. The Bertz CT molecular complexity index is 1130. The number of aromatic nitrogens is 3. The largest absolute Gasteiger partial charge is 0.454 e. The third-order valence-electron chi connectivity index (χ3n) is 4.67. The molecule has 2 aliphatic heterocycles. The smallest absolute Gasteiger partial charge is 0.258 e. The molecule has 0 saturated heterocycles. The molecule has 10 heteroatoms. The van der Waals surface area contributed by atoms with Gasteiger partial charge in [0.2, 0.25) is 18.6 Å². The summed E-state index contributed by atoms with van der Waals surface area (Å²) >= 11 is 5.96. The summed E-state index contributed by atoms with van der Waals surface area (Å²) in [7, 11) is 0. The van der Waals surface area contributed by atoms with E-state index >= 15 is 0 Å². The number of ether oxygens (including phenoxy) is 2. The summed E-state index contributed by atoms with van der Waals surface area (Å²) in [5, 5.41) is 10.3. The molecule has 0 fully saturated rings. The summed E-state index contributed by atoms with van der Waals surface area (Å²) in [4.78, 5) is 28.9. The minimum atomic E-state index is -0.402. The number of rotatable bonds is 3. The zero-order valence-corrected chi connectivity index (χ0v) is 15.6. The van der Waals surface area contributed by atoms with E-state index < -0.39 is 5.91 Å². The molecule has 0 radical (unpaired) electrons. The monoisotopic (exact) mass is 411 g/mol. The van der Waals surface area contributed by atoms with Gasteiger partial charge in [0.05, 0.1) is 12.5 Å². The summed E-state index contributed by atoms with van der Waals surface area (Å²) in [5.74, 6) is 0.862. The second-order valence-corrected chi connectivity index (χ2v) is 6.98. The normalized spacial score (nSPS) is 16.9. The Kier molecular flexibility index (Phi) is 4.09. The number of halogens is 1. The standard InChI is InChI=1S/C19H14ClN5O4/c20-12-4-1-10(2-5-12)13-8-16(26)21-19-23-18(24-25(13)19)22-17(27)11-3-6-14-15(7-11)29-9-28-14/h1-7,13H,8-9H2,(H2,21,22,23,24,26,27). The summed E-state index contributed by atoms with van der Waals surface area (Å²) < 4.78 is 12.1. The molecular formula is C19H14ClN5O4. The van der Waals surface area contributed by atoms with Crippen molar-refractivity contribution in [1.82, 2.24) is 14.8 Å². The van der Waals surface area contributed by atoms with Crippen LogP contribution in [0, 0.1) is 0 Å². The number of hydrogen-bond donors (Lipinski definition) is 2. The minimum Gasteiger partial charge on any atom is -0.454 e. The maximum Gasteiger partial charge on any atom is 0.258 e. The van der Waals surface area contributed by atoms with Crippen molar-refractivity contribution in [1.29, 1.82) is 0 Å². The first-order chi connectivity index (χ1) is 14.1. The van der Waals surface area contributed by atoms with Crippen LogP contribution in [0.5, 0.6) is 11.5 Å². The highest BCUT2D eigenvalue weighted by molar-refractivity contribution is 6.30. The topological polar surface area (TPSA) is 107 Å². The highest BCUT2D eigenvalue weighted by Crippen LogP contribution is 2.33. The lowest BCUT2D eigenvalue weighted by molar-refractivity contribution is -0.117. The van der Waals surface area contributed by atoms with Gasteiger partial charge in [-0.15, -0.1) is 5.10 Å². The van der Waals surface area contributed by atoms with Gasteiger partial charge >= 0.3 is 0 Å². The number of anilines is 2. The molecule has 2 amide bonds. The van der Waals surface area contributed by atoms with E-state index in [2.05, 4.69) is 20.7 Å². The van der Waals surface area contributed by atoms with Crippen molar-refractivity contribution >= 4 is 35.3 Å². The molecule has 1 atom stereocenters. The number of nitrogens with zero attached hydrogens (tertiary/aromatic N) is 3.